The molecular formula is C16H19N3O2S. The normalized spacial score (nSPS) is 18.6. The van der Waals surface area contributed by atoms with E-state index >= 15 is 0 Å². The first-order valence-electron chi connectivity index (χ1n) is 7.29. The fraction of sp³-hybridized carbons (Fsp3) is 0.312. The number of rotatable bonds is 4. The van der Waals surface area contributed by atoms with Crippen LogP contribution in [-0.2, 0) is 10.0 Å². The summed E-state index contributed by atoms with van der Waals surface area (Å²) >= 11 is 0. The van der Waals surface area contributed by atoms with Crippen LogP contribution < -0.4 is 9.62 Å². The summed E-state index contributed by atoms with van der Waals surface area (Å²) in [5.74, 6) is 0.889. The maximum atomic E-state index is 12.4. The van der Waals surface area contributed by atoms with E-state index in [0.29, 0.717) is 11.4 Å². The monoisotopic (exact) mass is 317 g/mol. The Kier molecular flexibility index (Phi) is 4.13. The summed E-state index contributed by atoms with van der Waals surface area (Å²) in [4.78, 5) is 6.73. The summed E-state index contributed by atoms with van der Waals surface area (Å²) in [5, 5.41) is 0. The molecule has 22 heavy (non-hydrogen) atoms. The minimum Gasteiger partial charge on any atom is -0.355 e. The van der Waals surface area contributed by atoms with Gasteiger partial charge in [0.1, 0.15) is 5.82 Å². The molecule has 0 amide bonds. The molecule has 1 fully saturated rings. The third-order valence-electron chi connectivity index (χ3n) is 3.78. The van der Waals surface area contributed by atoms with E-state index < -0.39 is 10.0 Å². The lowest BCUT2D eigenvalue weighted by Crippen LogP contribution is -2.37. The number of aryl methyl sites for hydroxylation is 1. The molecule has 1 saturated heterocycles. The van der Waals surface area contributed by atoms with Gasteiger partial charge in [-0.1, -0.05) is 18.2 Å². The van der Waals surface area contributed by atoms with Gasteiger partial charge in [-0.3, -0.25) is 0 Å². The van der Waals surface area contributed by atoms with E-state index in [0.717, 1.165) is 24.3 Å². The maximum Gasteiger partial charge on any atom is 0.240 e. The number of aromatic nitrogens is 1. The Morgan fingerprint density at radius 2 is 2.09 bits per heavy atom. The van der Waals surface area contributed by atoms with E-state index in [9.17, 15) is 8.42 Å². The average Bonchev–Trinajstić information content (AvgIpc) is 2.96. The van der Waals surface area contributed by atoms with Crippen molar-refractivity contribution < 1.29 is 8.42 Å². The molecule has 6 heteroatoms. The van der Waals surface area contributed by atoms with Crippen LogP contribution in [0.1, 0.15) is 12.0 Å². The Labute approximate surface area is 131 Å². The lowest BCUT2D eigenvalue weighted by molar-refractivity contribution is 0.561. The Morgan fingerprint density at radius 3 is 2.82 bits per heavy atom. The number of benzene rings is 1. The van der Waals surface area contributed by atoms with Crippen molar-refractivity contribution >= 4 is 15.8 Å². The zero-order valence-corrected chi connectivity index (χ0v) is 13.3. The molecule has 2 heterocycles. The largest absolute Gasteiger partial charge is 0.355 e. The van der Waals surface area contributed by atoms with E-state index in [2.05, 4.69) is 14.6 Å². The summed E-state index contributed by atoms with van der Waals surface area (Å²) in [7, 11) is -3.47. The standard InChI is InChI=1S/C16H19N3O2S/c1-13-5-4-6-15(11-13)22(20,21)18-14-8-10-19(12-14)16-7-2-3-9-17-16/h2-7,9,11,14,18H,8,10,12H2,1H3. The predicted molar refractivity (Wildman–Crippen MR) is 86.4 cm³/mol. The highest BCUT2D eigenvalue weighted by Crippen LogP contribution is 2.19. The van der Waals surface area contributed by atoms with Gasteiger partial charge in [-0.05, 0) is 43.2 Å². The number of sulfonamides is 1. The highest BCUT2D eigenvalue weighted by atomic mass is 32.2. The second-order valence-corrected chi connectivity index (χ2v) is 7.27. The highest BCUT2D eigenvalue weighted by molar-refractivity contribution is 7.89. The molecule has 116 valence electrons. The molecule has 1 aliphatic heterocycles. The molecule has 1 N–H and O–H groups in total. The molecule has 1 aliphatic rings. The van der Waals surface area contributed by atoms with Crippen molar-refractivity contribution in [3.63, 3.8) is 0 Å². The SMILES string of the molecule is Cc1cccc(S(=O)(=O)NC2CCN(c3ccccn3)C2)c1. The molecule has 0 radical (unpaired) electrons. The van der Waals surface area contributed by atoms with Crippen molar-refractivity contribution in [3.05, 3.63) is 54.2 Å². The molecule has 1 atom stereocenters. The van der Waals surface area contributed by atoms with Crippen LogP contribution in [0, 0.1) is 6.92 Å². The Balaban J connectivity index is 1.69. The molecule has 1 unspecified atom stereocenters. The van der Waals surface area contributed by atoms with Gasteiger partial charge in [-0.15, -0.1) is 0 Å². The van der Waals surface area contributed by atoms with Crippen LogP contribution in [0.25, 0.3) is 0 Å². The minimum absolute atomic E-state index is 0.0903. The highest BCUT2D eigenvalue weighted by Gasteiger charge is 2.27. The summed E-state index contributed by atoms with van der Waals surface area (Å²) in [5.41, 5.74) is 0.935. The second-order valence-electron chi connectivity index (χ2n) is 5.56. The quantitative estimate of drug-likeness (QED) is 0.936. The predicted octanol–water partition coefficient (Wildman–Crippen LogP) is 1.95. The van der Waals surface area contributed by atoms with Crippen LogP contribution in [0.2, 0.25) is 0 Å². The molecule has 2 aromatic rings. The molecule has 3 rings (SSSR count). The fourth-order valence-corrected chi connectivity index (χ4v) is 4.04. The van der Waals surface area contributed by atoms with Crippen LogP contribution in [0.3, 0.4) is 0 Å². The van der Waals surface area contributed by atoms with Gasteiger partial charge in [0, 0.05) is 25.3 Å². The van der Waals surface area contributed by atoms with Gasteiger partial charge < -0.3 is 4.90 Å². The van der Waals surface area contributed by atoms with E-state index in [1.807, 2.05) is 31.2 Å². The number of hydrogen-bond donors (Lipinski definition) is 1. The van der Waals surface area contributed by atoms with Crippen molar-refractivity contribution in [1.82, 2.24) is 9.71 Å². The third-order valence-corrected chi connectivity index (χ3v) is 5.30. The lowest BCUT2D eigenvalue weighted by atomic mass is 10.2. The van der Waals surface area contributed by atoms with Gasteiger partial charge in [0.05, 0.1) is 4.90 Å². The Morgan fingerprint density at radius 1 is 1.23 bits per heavy atom. The first kappa shape index (κ1) is 15.0. The summed E-state index contributed by atoms with van der Waals surface area (Å²) < 4.78 is 27.7. The van der Waals surface area contributed by atoms with Crippen molar-refractivity contribution in [2.75, 3.05) is 18.0 Å². The zero-order valence-electron chi connectivity index (χ0n) is 12.4. The first-order valence-corrected chi connectivity index (χ1v) is 8.78. The van der Waals surface area contributed by atoms with Crippen molar-refractivity contribution in [1.29, 1.82) is 0 Å². The molecular weight excluding hydrogens is 298 g/mol. The van der Waals surface area contributed by atoms with E-state index in [4.69, 9.17) is 0 Å². The number of nitrogens with one attached hydrogen (secondary N) is 1. The first-order chi connectivity index (χ1) is 10.5. The van der Waals surface area contributed by atoms with Crippen molar-refractivity contribution in [3.8, 4) is 0 Å². The van der Waals surface area contributed by atoms with E-state index in [1.165, 1.54) is 0 Å². The zero-order chi connectivity index (χ0) is 15.6. The minimum atomic E-state index is -3.47. The molecule has 5 nitrogen and oxygen atoms in total. The Bertz CT molecular complexity index is 747. The summed E-state index contributed by atoms with van der Waals surface area (Å²) in [6.45, 7) is 3.33. The second kappa shape index (κ2) is 6.06. The van der Waals surface area contributed by atoms with Crippen LogP contribution in [0.15, 0.2) is 53.6 Å². The van der Waals surface area contributed by atoms with Crippen molar-refractivity contribution in [2.24, 2.45) is 0 Å². The van der Waals surface area contributed by atoms with Gasteiger partial charge in [-0.2, -0.15) is 0 Å². The molecule has 1 aromatic carbocycles. The van der Waals surface area contributed by atoms with Gasteiger partial charge in [-0.25, -0.2) is 18.1 Å². The number of anilines is 1. The van der Waals surface area contributed by atoms with E-state index in [-0.39, 0.29) is 6.04 Å². The molecule has 0 spiro atoms. The summed E-state index contributed by atoms with van der Waals surface area (Å²) in [6.07, 6.45) is 2.53. The smallest absolute Gasteiger partial charge is 0.240 e. The number of hydrogen-bond acceptors (Lipinski definition) is 4. The van der Waals surface area contributed by atoms with Gasteiger partial charge in [0.25, 0.3) is 0 Å². The third kappa shape index (κ3) is 3.28. The number of nitrogens with zero attached hydrogens (tertiary/aromatic N) is 2. The van der Waals surface area contributed by atoms with Crippen molar-refractivity contribution in [2.45, 2.75) is 24.3 Å². The molecule has 1 aromatic heterocycles. The Hall–Kier alpha value is -1.92. The van der Waals surface area contributed by atoms with Gasteiger partial charge >= 0.3 is 0 Å². The fourth-order valence-electron chi connectivity index (χ4n) is 2.68. The average molecular weight is 317 g/mol. The molecule has 0 saturated carbocycles. The van der Waals surface area contributed by atoms with Crippen LogP contribution in [0.4, 0.5) is 5.82 Å². The topological polar surface area (TPSA) is 62.3 Å². The molecule has 0 aliphatic carbocycles. The van der Waals surface area contributed by atoms with Crippen LogP contribution in [-0.4, -0.2) is 32.5 Å². The molecule has 0 bridgehead atoms. The van der Waals surface area contributed by atoms with Gasteiger partial charge in [0.2, 0.25) is 10.0 Å². The lowest BCUT2D eigenvalue weighted by Gasteiger charge is -2.17. The maximum absolute atomic E-state index is 12.4. The van der Waals surface area contributed by atoms with Gasteiger partial charge in [0.15, 0.2) is 0 Å². The summed E-state index contributed by atoms with van der Waals surface area (Å²) in [6, 6.07) is 12.6. The number of pyridine rings is 1. The van der Waals surface area contributed by atoms with E-state index in [1.54, 1.807) is 24.4 Å². The van der Waals surface area contributed by atoms with Crippen LogP contribution >= 0.6 is 0 Å². The van der Waals surface area contributed by atoms with Crippen LogP contribution in [0.5, 0.6) is 0 Å².